The quantitative estimate of drug-likeness (QED) is 0.452. The molecule has 0 saturated heterocycles. The highest BCUT2D eigenvalue weighted by atomic mass is 14.7. The highest BCUT2D eigenvalue weighted by molar-refractivity contribution is 4.90. The van der Waals surface area contributed by atoms with Crippen molar-refractivity contribution < 1.29 is 0 Å². The first kappa shape index (κ1) is 23.0. The minimum Gasteiger partial charge on any atom is -0.326 e. The maximum Gasteiger partial charge on any atom is 0.0102 e. The molecule has 0 bridgehead atoms. The Morgan fingerprint density at radius 2 is 0.826 bits per heavy atom. The van der Waals surface area contributed by atoms with Crippen LogP contribution >= 0.6 is 0 Å². The van der Waals surface area contributed by atoms with Crippen LogP contribution in [0.3, 0.4) is 0 Å². The van der Waals surface area contributed by atoms with Crippen LogP contribution in [-0.4, -0.2) is 5.54 Å². The summed E-state index contributed by atoms with van der Waals surface area (Å²) >= 11 is 0. The van der Waals surface area contributed by atoms with E-state index in [9.17, 15) is 0 Å². The molecule has 0 rings (SSSR count). The van der Waals surface area contributed by atoms with E-state index in [1.807, 2.05) is 0 Å². The fourth-order valence-corrected chi connectivity index (χ4v) is 6.07. The van der Waals surface area contributed by atoms with E-state index in [-0.39, 0.29) is 11.0 Å². The maximum atomic E-state index is 6.28. The van der Waals surface area contributed by atoms with E-state index in [1.165, 1.54) is 32.1 Å². The van der Waals surface area contributed by atoms with Crippen molar-refractivity contribution in [3.8, 4) is 0 Å². The summed E-state index contributed by atoms with van der Waals surface area (Å²) in [5.74, 6) is 0. The van der Waals surface area contributed by atoms with Crippen molar-refractivity contribution in [1.29, 1.82) is 0 Å². The summed E-state index contributed by atoms with van der Waals surface area (Å²) in [5, 5.41) is 0. The molecule has 0 heterocycles. The molecule has 0 spiro atoms. The highest BCUT2D eigenvalue weighted by Crippen LogP contribution is 2.48. The summed E-state index contributed by atoms with van der Waals surface area (Å²) in [4.78, 5) is 0. The molecule has 0 radical (unpaired) electrons. The fraction of sp³-hybridized carbons (Fsp3) is 1.00. The first-order valence-electron chi connectivity index (χ1n) is 9.68. The van der Waals surface area contributed by atoms with Crippen molar-refractivity contribution in [2.24, 2.45) is 27.4 Å². The zero-order valence-electron chi connectivity index (χ0n) is 18.3. The van der Waals surface area contributed by atoms with Crippen LogP contribution in [0, 0.1) is 21.7 Å². The summed E-state index contributed by atoms with van der Waals surface area (Å²) in [7, 11) is 0. The molecule has 0 aliphatic carbocycles. The van der Waals surface area contributed by atoms with Crippen molar-refractivity contribution >= 4 is 0 Å². The Kier molecular flexibility index (Phi) is 7.45. The Bertz CT molecular complexity index is 353. The van der Waals surface area contributed by atoms with Crippen LogP contribution in [0.1, 0.15) is 115 Å². The fourth-order valence-electron chi connectivity index (χ4n) is 6.07. The zero-order valence-corrected chi connectivity index (χ0v) is 18.3. The molecule has 0 amide bonds. The lowest BCUT2D eigenvalue weighted by molar-refractivity contribution is 0.0771. The largest absolute Gasteiger partial charge is 0.326 e. The third-order valence-corrected chi connectivity index (χ3v) is 4.73. The molecule has 23 heavy (non-hydrogen) atoms. The Labute approximate surface area is 148 Å². The minimum atomic E-state index is -0.0851. The first-order chi connectivity index (χ1) is 9.89. The van der Waals surface area contributed by atoms with E-state index >= 15 is 0 Å². The van der Waals surface area contributed by atoms with Crippen LogP contribution in [0.15, 0.2) is 0 Å². The first-order valence-corrected chi connectivity index (χ1v) is 9.68. The minimum absolute atomic E-state index is 0.0851. The van der Waals surface area contributed by atoms with Crippen LogP contribution in [0.2, 0.25) is 0 Å². The number of hydrogen-bond acceptors (Lipinski definition) is 1. The summed E-state index contributed by atoms with van der Waals surface area (Å²) < 4.78 is 0. The molecule has 1 nitrogen and oxygen atoms in total. The average Bonchev–Trinajstić information content (AvgIpc) is 2.03. The number of nitrogens with two attached hydrogens (primary N) is 1. The van der Waals surface area contributed by atoms with Crippen LogP contribution in [0.25, 0.3) is 0 Å². The Balaban J connectivity index is 4.89. The number of hydrogen-bond donors (Lipinski definition) is 1. The molecular formula is C22H47N. The molecule has 0 saturated carbocycles. The summed E-state index contributed by atoms with van der Waals surface area (Å²) in [6, 6.07) is 0. The second-order valence-corrected chi connectivity index (χ2v) is 12.1. The van der Waals surface area contributed by atoms with Gasteiger partial charge >= 0.3 is 0 Å². The predicted molar refractivity (Wildman–Crippen MR) is 107 cm³/mol. The van der Waals surface area contributed by atoms with Crippen molar-refractivity contribution in [2.75, 3.05) is 0 Å². The summed E-state index contributed by atoms with van der Waals surface area (Å²) in [5.41, 5.74) is 7.67. The van der Waals surface area contributed by atoms with Gasteiger partial charge in [0.05, 0.1) is 0 Å². The molecular weight excluding hydrogens is 278 g/mol. The Hall–Kier alpha value is -0.0400. The second kappa shape index (κ2) is 7.46. The molecule has 0 aromatic rings. The van der Waals surface area contributed by atoms with Gasteiger partial charge in [-0.2, -0.15) is 0 Å². The lowest BCUT2D eigenvalue weighted by Gasteiger charge is -2.44. The van der Waals surface area contributed by atoms with Crippen molar-refractivity contribution in [3.63, 3.8) is 0 Å². The van der Waals surface area contributed by atoms with Gasteiger partial charge in [0.25, 0.3) is 0 Å². The van der Waals surface area contributed by atoms with Gasteiger partial charge in [-0.25, -0.2) is 0 Å². The molecule has 0 aliphatic heterocycles. The van der Waals surface area contributed by atoms with Crippen molar-refractivity contribution in [3.05, 3.63) is 0 Å². The molecule has 1 heteroatoms. The molecule has 0 aromatic carbocycles. The van der Waals surface area contributed by atoms with Gasteiger partial charge in [0.1, 0.15) is 0 Å². The van der Waals surface area contributed by atoms with E-state index in [0.29, 0.717) is 16.2 Å². The molecule has 0 unspecified atom stereocenters. The smallest absolute Gasteiger partial charge is 0.0102 e. The zero-order chi connectivity index (χ0) is 18.7. The van der Waals surface area contributed by atoms with E-state index < -0.39 is 0 Å². The normalized spacial score (nSPS) is 15.1. The molecule has 0 aromatic heterocycles. The lowest BCUT2D eigenvalue weighted by atomic mass is 9.62. The summed E-state index contributed by atoms with van der Waals surface area (Å²) in [6.07, 6.45) is 7.50. The van der Waals surface area contributed by atoms with Gasteiger partial charge in [-0.05, 0) is 67.6 Å². The van der Waals surface area contributed by atoms with E-state index in [1.54, 1.807) is 0 Å². The average molecular weight is 326 g/mol. The van der Waals surface area contributed by atoms with Crippen LogP contribution in [-0.2, 0) is 0 Å². The van der Waals surface area contributed by atoms with E-state index in [2.05, 4.69) is 76.2 Å². The SMILES string of the molecule is CCCC(C)(C)CC(C)(C)CC(C)(C)CC(C)(C)CC(C)(C)N. The van der Waals surface area contributed by atoms with E-state index in [0.717, 1.165) is 6.42 Å². The predicted octanol–water partition coefficient (Wildman–Crippen LogP) is 7.19. The Morgan fingerprint density at radius 1 is 0.522 bits per heavy atom. The van der Waals surface area contributed by atoms with Gasteiger partial charge in [0.2, 0.25) is 0 Å². The topological polar surface area (TPSA) is 26.0 Å². The summed E-state index contributed by atoms with van der Waals surface area (Å²) in [6.45, 7) is 26.1. The van der Waals surface area contributed by atoms with Gasteiger partial charge in [-0.3, -0.25) is 0 Å². The van der Waals surface area contributed by atoms with Crippen LogP contribution in [0.4, 0.5) is 0 Å². The third kappa shape index (κ3) is 11.2. The maximum absolute atomic E-state index is 6.28. The Morgan fingerprint density at radius 3 is 1.13 bits per heavy atom. The van der Waals surface area contributed by atoms with Crippen LogP contribution in [0.5, 0.6) is 0 Å². The molecule has 0 fully saturated rings. The van der Waals surface area contributed by atoms with Gasteiger partial charge < -0.3 is 5.73 Å². The van der Waals surface area contributed by atoms with Gasteiger partial charge in [0.15, 0.2) is 0 Å². The molecule has 2 N–H and O–H groups in total. The van der Waals surface area contributed by atoms with E-state index in [4.69, 9.17) is 5.73 Å². The monoisotopic (exact) mass is 325 g/mol. The number of rotatable bonds is 10. The second-order valence-electron chi connectivity index (χ2n) is 12.1. The lowest BCUT2D eigenvalue weighted by Crippen LogP contribution is -2.39. The molecule has 140 valence electrons. The third-order valence-electron chi connectivity index (χ3n) is 4.73. The molecule has 0 atom stereocenters. The highest BCUT2D eigenvalue weighted by Gasteiger charge is 2.37. The van der Waals surface area contributed by atoms with Crippen molar-refractivity contribution in [2.45, 2.75) is 120 Å². The van der Waals surface area contributed by atoms with Crippen LogP contribution < -0.4 is 5.73 Å². The van der Waals surface area contributed by atoms with Crippen molar-refractivity contribution in [1.82, 2.24) is 0 Å². The molecule has 0 aliphatic rings. The van der Waals surface area contributed by atoms with Gasteiger partial charge in [-0.1, -0.05) is 68.7 Å². The van der Waals surface area contributed by atoms with Gasteiger partial charge in [-0.15, -0.1) is 0 Å². The standard InChI is InChI=1S/C22H47N/c1-12-13-18(2,3)14-19(4,5)15-20(6,7)16-21(8,9)17-22(10,11)23/h12-17,23H2,1-11H3. The van der Waals surface area contributed by atoms with Gasteiger partial charge in [0, 0.05) is 5.54 Å².